The summed E-state index contributed by atoms with van der Waals surface area (Å²) in [6.07, 6.45) is 1.56. The number of imide groups is 1. The molecule has 0 saturated heterocycles. The lowest BCUT2D eigenvalue weighted by atomic mass is 10.2. The van der Waals surface area contributed by atoms with Crippen LogP contribution < -0.4 is 11.1 Å². The van der Waals surface area contributed by atoms with E-state index < -0.39 is 17.2 Å². The van der Waals surface area contributed by atoms with Crippen LogP contribution in [0.1, 0.15) is 12.7 Å². The SMILES string of the molecule is CC(Sc1nnc(-c2ccc(Cl)cc2Cl)n1Cc1ccco1)C(=O)NC(N)=O. The van der Waals surface area contributed by atoms with Crippen molar-refractivity contribution in [2.24, 2.45) is 5.73 Å². The molecule has 0 aliphatic rings. The molecule has 1 unspecified atom stereocenters. The van der Waals surface area contributed by atoms with Crippen molar-refractivity contribution in [2.45, 2.75) is 23.9 Å². The highest BCUT2D eigenvalue weighted by molar-refractivity contribution is 8.00. The Labute approximate surface area is 174 Å². The highest BCUT2D eigenvalue weighted by atomic mass is 35.5. The Morgan fingerprint density at radius 2 is 2.11 bits per heavy atom. The van der Waals surface area contributed by atoms with Gasteiger partial charge in [0.05, 0.1) is 23.1 Å². The molecule has 3 amide bonds. The molecule has 0 aliphatic heterocycles. The molecule has 3 aromatic rings. The van der Waals surface area contributed by atoms with Crippen LogP contribution in [0.5, 0.6) is 0 Å². The highest BCUT2D eigenvalue weighted by Crippen LogP contribution is 2.33. The van der Waals surface area contributed by atoms with Crippen LogP contribution in [0.3, 0.4) is 0 Å². The molecule has 0 fully saturated rings. The zero-order valence-corrected chi connectivity index (χ0v) is 16.9. The zero-order valence-electron chi connectivity index (χ0n) is 14.6. The number of halogens is 2. The van der Waals surface area contributed by atoms with Gasteiger partial charge in [-0.1, -0.05) is 35.0 Å². The van der Waals surface area contributed by atoms with Crippen molar-refractivity contribution in [3.8, 4) is 11.4 Å². The van der Waals surface area contributed by atoms with E-state index in [1.165, 1.54) is 0 Å². The number of hydrogen-bond donors (Lipinski definition) is 2. The van der Waals surface area contributed by atoms with Gasteiger partial charge in [0.25, 0.3) is 0 Å². The third-order valence-electron chi connectivity index (χ3n) is 3.68. The number of thioether (sulfide) groups is 1. The fourth-order valence-corrected chi connectivity index (χ4v) is 3.72. The Kier molecular flexibility index (Phi) is 6.28. The lowest BCUT2D eigenvalue weighted by Gasteiger charge is -2.12. The lowest BCUT2D eigenvalue weighted by Crippen LogP contribution is -2.39. The van der Waals surface area contributed by atoms with Gasteiger partial charge in [-0.15, -0.1) is 10.2 Å². The van der Waals surface area contributed by atoms with Crippen molar-refractivity contribution in [2.75, 3.05) is 0 Å². The summed E-state index contributed by atoms with van der Waals surface area (Å²) in [5, 5.41) is 11.2. The fraction of sp³-hybridized carbons (Fsp3) is 0.176. The van der Waals surface area contributed by atoms with Gasteiger partial charge in [-0.3, -0.25) is 14.7 Å². The molecule has 3 N–H and O–H groups in total. The third-order valence-corrected chi connectivity index (χ3v) is 5.31. The van der Waals surface area contributed by atoms with Crippen LogP contribution in [0.25, 0.3) is 11.4 Å². The summed E-state index contributed by atoms with van der Waals surface area (Å²) in [4.78, 5) is 22.9. The van der Waals surface area contributed by atoms with Crippen molar-refractivity contribution in [3.63, 3.8) is 0 Å². The maximum absolute atomic E-state index is 12.0. The average Bonchev–Trinajstić information content (AvgIpc) is 3.26. The van der Waals surface area contributed by atoms with Gasteiger partial charge in [0.2, 0.25) is 5.91 Å². The summed E-state index contributed by atoms with van der Waals surface area (Å²) in [5.74, 6) is 0.626. The Hall–Kier alpha value is -2.49. The third kappa shape index (κ3) is 4.67. The van der Waals surface area contributed by atoms with Crippen molar-refractivity contribution >= 4 is 46.9 Å². The van der Waals surface area contributed by atoms with Gasteiger partial charge < -0.3 is 10.2 Å². The van der Waals surface area contributed by atoms with E-state index in [9.17, 15) is 9.59 Å². The molecule has 0 bridgehead atoms. The van der Waals surface area contributed by atoms with Gasteiger partial charge in [-0.05, 0) is 37.3 Å². The van der Waals surface area contributed by atoms with Crippen LogP contribution in [-0.4, -0.2) is 32.0 Å². The number of nitrogens with one attached hydrogen (secondary N) is 1. The molecule has 28 heavy (non-hydrogen) atoms. The number of rotatable bonds is 6. The highest BCUT2D eigenvalue weighted by Gasteiger charge is 2.23. The molecular weight excluding hydrogens is 425 g/mol. The number of aromatic nitrogens is 3. The average molecular weight is 440 g/mol. The van der Waals surface area contributed by atoms with E-state index in [0.29, 0.717) is 38.9 Å². The number of carbonyl (C=O) groups excluding carboxylic acids is 2. The van der Waals surface area contributed by atoms with E-state index in [4.69, 9.17) is 33.4 Å². The van der Waals surface area contributed by atoms with Gasteiger partial charge in [0.1, 0.15) is 5.76 Å². The quantitative estimate of drug-likeness (QED) is 0.566. The second kappa shape index (κ2) is 8.68. The number of primary amides is 1. The summed E-state index contributed by atoms with van der Waals surface area (Å²) in [5.41, 5.74) is 5.63. The largest absolute Gasteiger partial charge is 0.467 e. The van der Waals surface area contributed by atoms with Crippen molar-refractivity contribution < 1.29 is 14.0 Å². The second-order valence-corrected chi connectivity index (χ2v) is 7.86. The van der Waals surface area contributed by atoms with Crippen LogP contribution in [0.2, 0.25) is 10.0 Å². The monoisotopic (exact) mass is 439 g/mol. The Bertz CT molecular complexity index is 1010. The summed E-state index contributed by atoms with van der Waals surface area (Å²) in [7, 11) is 0. The number of hydrogen-bond acceptors (Lipinski definition) is 6. The van der Waals surface area contributed by atoms with E-state index in [-0.39, 0.29) is 0 Å². The van der Waals surface area contributed by atoms with Crippen LogP contribution in [-0.2, 0) is 11.3 Å². The minimum Gasteiger partial charge on any atom is -0.467 e. The van der Waals surface area contributed by atoms with E-state index in [1.807, 2.05) is 11.4 Å². The first-order valence-corrected chi connectivity index (χ1v) is 9.66. The zero-order chi connectivity index (χ0) is 20.3. The fourth-order valence-electron chi connectivity index (χ4n) is 2.38. The molecule has 146 valence electrons. The predicted molar refractivity (Wildman–Crippen MR) is 106 cm³/mol. The standard InChI is InChI=1S/C17H15Cl2N5O3S/c1-9(15(25)21-16(20)26)28-17-23-22-14(12-5-4-10(18)7-13(12)19)24(17)8-11-3-2-6-27-11/h2-7,9H,8H2,1H3,(H3,20,21,25,26). The topological polar surface area (TPSA) is 116 Å². The molecule has 2 heterocycles. The molecule has 8 nitrogen and oxygen atoms in total. The molecule has 0 spiro atoms. The number of nitrogens with zero attached hydrogens (tertiary/aromatic N) is 3. The molecular formula is C17H15Cl2N5O3S. The smallest absolute Gasteiger partial charge is 0.318 e. The molecule has 0 saturated carbocycles. The minimum atomic E-state index is -0.914. The summed E-state index contributed by atoms with van der Waals surface area (Å²) < 4.78 is 7.20. The first kappa shape index (κ1) is 20.2. The molecule has 11 heteroatoms. The number of urea groups is 1. The van der Waals surface area contributed by atoms with E-state index in [1.54, 1.807) is 42.0 Å². The van der Waals surface area contributed by atoms with Crippen molar-refractivity contribution in [3.05, 3.63) is 52.4 Å². The lowest BCUT2D eigenvalue weighted by molar-refractivity contribution is -0.119. The Morgan fingerprint density at radius 1 is 1.32 bits per heavy atom. The predicted octanol–water partition coefficient (Wildman–Crippen LogP) is 3.57. The molecule has 0 aliphatic carbocycles. The summed E-state index contributed by atoms with van der Waals surface area (Å²) in [6.45, 7) is 1.95. The molecule has 1 aromatic carbocycles. The van der Waals surface area contributed by atoms with Gasteiger partial charge in [0, 0.05) is 10.6 Å². The van der Waals surface area contributed by atoms with Gasteiger partial charge in [-0.25, -0.2) is 4.79 Å². The maximum Gasteiger partial charge on any atom is 0.318 e. The Morgan fingerprint density at radius 3 is 2.75 bits per heavy atom. The van der Waals surface area contributed by atoms with Crippen molar-refractivity contribution in [1.29, 1.82) is 0 Å². The van der Waals surface area contributed by atoms with Crippen LogP contribution in [0, 0.1) is 0 Å². The van der Waals surface area contributed by atoms with Gasteiger partial charge in [-0.2, -0.15) is 0 Å². The minimum absolute atomic E-state index is 0.320. The van der Waals surface area contributed by atoms with Gasteiger partial charge >= 0.3 is 6.03 Å². The van der Waals surface area contributed by atoms with E-state index >= 15 is 0 Å². The second-order valence-electron chi connectivity index (χ2n) is 5.71. The maximum atomic E-state index is 12.0. The number of amides is 3. The molecule has 3 rings (SSSR count). The van der Waals surface area contributed by atoms with Crippen LogP contribution in [0.15, 0.2) is 46.2 Å². The number of nitrogens with two attached hydrogens (primary N) is 1. The first-order chi connectivity index (χ1) is 13.3. The molecule has 0 radical (unpaired) electrons. The van der Waals surface area contributed by atoms with Crippen molar-refractivity contribution in [1.82, 2.24) is 20.1 Å². The number of benzene rings is 1. The molecule has 1 atom stereocenters. The number of carbonyl (C=O) groups is 2. The van der Waals surface area contributed by atoms with Gasteiger partial charge in [0.15, 0.2) is 11.0 Å². The normalized spacial score (nSPS) is 12.0. The van der Waals surface area contributed by atoms with Crippen LogP contribution >= 0.6 is 35.0 Å². The molecule has 2 aromatic heterocycles. The number of furan rings is 1. The Balaban J connectivity index is 1.97. The first-order valence-electron chi connectivity index (χ1n) is 8.03. The summed E-state index contributed by atoms with van der Waals surface area (Å²) in [6, 6.07) is 7.72. The summed E-state index contributed by atoms with van der Waals surface area (Å²) >= 11 is 13.4. The van der Waals surface area contributed by atoms with Crippen LogP contribution in [0.4, 0.5) is 4.79 Å². The van der Waals surface area contributed by atoms with E-state index in [2.05, 4.69) is 10.2 Å². The van der Waals surface area contributed by atoms with E-state index in [0.717, 1.165) is 11.8 Å².